The summed E-state index contributed by atoms with van der Waals surface area (Å²) in [6, 6.07) is 15.4. The summed E-state index contributed by atoms with van der Waals surface area (Å²) in [7, 11) is 0. The molecule has 3 amide bonds. The van der Waals surface area contributed by atoms with E-state index < -0.39 is 35.7 Å². The first kappa shape index (κ1) is 41.2. The Kier molecular flexibility index (Phi) is 18.2. The normalized spacial score (nSPS) is 12.8. The molecule has 1 atom stereocenters. The van der Waals surface area contributed by atoms with Crippen LogP contribution in [0.3, 0.4) is 0 Å². The highest BCUT2D eigenvalue weighted by Crippen LogP contribution is 2.44. The fraction of sp³-hybridized carbons (Fsp3) is 0.568. The smallest absolute Gasteiger partial charge is 0.407 e. The van der Waals surface area contributed by atoms with Gasteiger partial charge in [-0.15, -0.1) is 0 Å². The zero-order valence-corrected chi connectivity index (χ0v) is 29.9. The summed E-state index contributed by atoms with van der Waals surface area (Å²) in [5.41, 5.74) is 4.10. The van der Waals surface area contributed by atoms with E-state index in [1.54, 1.807) is 20.8 Å². The molecule has 2 aromatic rings. The second-order valence-corrected chi connectivity index (χ2v) is 12.8. The number of nitrogens with one attached hydrogen (secondary N) is 3. The van der Waals surface area contributed by atoms with Gasteiger partial charge in [-0.2, -0.15) is 0 Å². The van der Waals surface area contributed by atoms with Crippen LogP contribution in [-0.4, -0.2) is 113 Å². The molecule has 14 nitrogen and oxygen atoms in total. The molecule has 1 aliphatic carbocycles. The number of rotatable bonds is 24. The van der Waals surface area contributed by atoms with E-state index in [1.807, 2.05) is 24.3 Å². The molecule has 0 aliphatic heterocycles. The summed E-state index contributed by atoms with van der Waals surface area (Å²) < 4.78 is 32.5. The van der Waals surface area contributed by atoms with Gasteiger partial charge in [0.2, 0.25) is 5.91 Å². The minimum Gasteiger partial charge on any atom is -0.480 e. The Morgan fingerprint density at radius 1 is 0.706 bits per heavy atom. The molecule has 282 valence electrons. The Balaban J connectivity index is 1.09. The molecule has 0 fully saturated rings. The molecule has 1 aliphatic rings. The van der Waals surface area contributed by atoms with Crippen LogP contribution in [0.2, 0.25) is 0 Å². The number of hydrogen-bond acceptors (Lipinski definition) is 10. The van der Waals surface area contributed by atoms with Crippen molar-refractivity contribution in [2.24, 2.45) is 0 Å². The van der Waals surface area contributed by atoms with Crippen LogP contribution in [0.4, 0.5) is 9.59 Å². The van der Waals surface area contributed by atoms with Gasteiger partial charge in [0.1, 0.15) is 18.2 Å². The topological polar surface area (TPSA) is 180 Å². The van der Waals surface area contributed by atoms with Gasteiger partial charge in [0.05, 0.1) is 52.9 Å². The number of carboxylic acid groups (broad SMARTS) is 1. The molecule has 0 saturated carbocycles. The van der Waals surface area contributed by atoms with Crippen molar-refractivity contribution in [2.45, 2.75) is 64.0 Å². The maximum Gasteiger partial charge on any atom is 0.407 e. The molecule has 0 aromatic heterocycles. The van der Waals surface area contributed by atoms with E-state index in [9.17, 15) is 24.3 Å². The fourth-order valence-corrected chi connectivity index (χ4v) is 5.30. The molecule has 0 unspecified atom stereocenters. The van der Waals surface area contributed by atoms with Gasteiger partial charge in [0.25, 0.3) is 0 Å². The van der Waals surface area contributed by atoms with Crippen molar-refractivity contribution in [1.29, 1.82) is 0 Å². The van der Waals surface area contributed by atoms with Crippen molar-refractivity contribution in [1.82, 2.24) is 16.0 Å². The molecule has 3 rings (SSSR count). The summed E-state index contributed by atoms with van der Waals surface area (Å²) in [6.45, 7) is 8.75. The van der Waals surface area contributed by atoms with Crippen molar-refractivity contribution in [2.75, 3.05) is 72.6 Å². The first-order valence-corrected chi connectivity index (χ1v) is 17.4. The lowest BCUT2D eigenvalue weighted by atomic mass is 9.98. The molecule has 14 heteroatoms. The second-order valence-electron chi connectivity index (χ2n) is 12.8. The lowest BCUT2D eigenvalue weighted by molar-refractivity contribution is -0.142. The van der Waals surface area contributed by atoms with Crippen LogP contribution in [0.5, 0.6) is 0 Å². The number of alkyl carbamates (subject to hydrolysis) is 2. The predicted octanol–water partition coefficient (Wildman–Crippen LogP) is 4.25. The van der Waals surface area contributed by atoms with E-state index in [0.29, 0.717) is 65.6 Å². The van der Waals surface area contributed by atoms with Gasteiger partial charge in [-0.05, 0) is 62.3 Å². The largest absolute Gasteiger partial charge is 0.480 e. The van der Waals surface area contributed by atoms with Gasteiger partial charge < -0.3 is 49.5 Å². The van der Waals surface area contributed by atoms with Crippen LogP contribution in [0.15, 0.2) is 48.5 Å². The van der Waals surface area contributed by atoms with Crippen LogP contribution in [0, 0.1) is 0 Å². The molecule has 0 spiro atoms. The van der Waals surface area contributed by atoms with Gasteiger partial charge >= 0.3 is 18.2 Å². The zero-order valence-electron chi connectivity index (χ0n) is 29.9. The van der Waals surface area contributed by atoms with Crippen LogP contribution in [0.25, 0.3) is 11.1 Å². The fourth-order valence-electron chi connectivity index (χ4n) is 5.30. The second kappa shape index (κ2) is 22.6. The van der Waals surface area contributed by atoms with Crippen molar-refractivity contribution >= 4 is 24.1 Å². The molecule has 4 N–H and O–H groups in total. The van der Waals surface area contributed by atoms with Crippen LogP contribution in [-0.2, 0) is 38.0 Å². The highest BCUT2D eigenvalue weighted by Gasteiger charge is 2.29. The summed E-state index contributed by atoms with van der Waals surface area (Å²) in [4.78, 5) is 47.5. The van der Waals surface area contributed by atoms with Crippen LogP contribution < -0.4 is 16.0 Å². The number of benzene rings is 2. The number of unbranched alkanes of at least 4 members (excludes halogenated alkanes) is 1. The number of carboxylic acids is 1. The monoisotopic (exact) mass is 715 g/mol. The van der Waals surface area contributed by atoms with E-state index >= 15 is 0 Å². The van der Waals surface area contributed by atoms with Crippen molar-refractivity contribution in [3.63, 3.8) is 0 Å². The van der Waals surface area contributed by atoms with E-state index in [0.717, 1.165) is 11.1 Å². The van der Waals surface area contributed by atoms with Crippen molar-refractivity contribution in [3.8, 4) is 11.1 Å². The Bertz CT molecular complexity index is 1340. The van der Waals surface area contributed by atoms with Crippen LogP contribution in [0.1, 0.15) is 63.5 Å². The van der Waals surface area contributed by atoms with Gasteiger partial charge in [0.15, 0.2) is 0 Å². The lowest BCUT2D eigenvalue weighted by Crippen LogP contribution is -2.41. The predicted molar refractivity (Wildman–Crippen MR) is 189 cm³/mol. The van der Waals surface area contributed by atoms with E-state index in [4.69, 9.17) is 28.4 Å². The number of carbonyl (C=O) groups is 4. The summed E-state index contributed by atoms with van der Waals surface area (Å²) >= 11 is 0. The maximum absolute atomic E-state index is 12.2. The van der Waals surface area contributed by atoms with Crippen LogP contribution >= 0.6 is 0 Å². The third-order valence-corrected chi connectivity index (χ3v) is 7.67. The lowest BCUT2D eigenvalue weighted by Gasteiger charge is -2.19. The molecular formula is C37H53N3O11. The molecule has 0 radical (unpaired) electrons. The number of hydrogen-bond donors (Lipinski definition) is 4. The van der Waals surface area contributed by atoms with E-state index in [2.05, 4.69) is 40.2 Å². The number of amides is 3. The highest BCUT2D eigenvalue weighted by atomic mass is 16.6. The number of aliphatic carboxylic acids is 1. The van der Waals surface area contributed by atoms with Crippen molar-refractivity contribution in [3.05, 3.63) is 59.7 Å². The number of carbonyl (C=O) groups excluding carboxylic acids is 3. The quantitative estimate of drug-likeness (QED) is 0.114. The molecule has 0 saturated heterocycles. The van der Waals surface area contributed by atoms with Gasteiger partial charge in [-0.25, -0.2) is 14.4 Å². The summed E-state index contributed by atoms with van der Waals surface area (Å²) in [6.07, 6.45) is 0.298. The highest BCUT2D eigenvalue weighted by molar-refractivity contribution is 5.83. The first-order valence-electron chi connectivity index (χ1n) is 17.4. The zero-order chi connectivity index (χ0) is 36.9. The third kappa shape index (κ3) is 16.1. The molecule has 0 heterocycles. The maximum atomic E-state index is 12.2. The molecule has 2 aromatic carbocycles. The average molecular weight is 716 g/mol. The van der Waals surface area contributed by atoms with Gasteiger partial charge in [-0.3, -0.25) is 4.79 Å². The first-order chi connectivity index (χ1) is 24.5. The van der Waals surface area contributed by atoms with E-state index in [1.165, 1.54) is 11.1 Å². The van der Waals surface area contributed by atoms with Crippen molar-refractivity contribution < 1.29 is 52.7 Å². The number of fused-ring (bicyclic) bond motifs is 3. The Labute approximate surface area is 299 Å². The third-order valence-electron chi connectivity index (χ3n) is 7.67. The average Bonchev–Trinajstić information content (AvgIpc) is 3.41. The SMILES string of the molecule is CC(C)(C)OC(=O)NCCCC[C@H](NC(=O)CCOCCOCCOCCOCCNC(=O)OCC1c2ccccc2-c2ccccc21)C(=O)O. The summed E-state index contributed by atoms with van der Waals surface area (Å²) in [5.74, 6) is -1.52. The van der Waals surface area contributed by atoms with Gasteiger partial charge in [-0.1, -0.05) is 48.5 Å². The number of ether oxygens (including phenoxy) is 6. The Hall–Kier alpha value is -4.24. The standard InChI is InChI=1S/C37H53N3O11/c1-37(2,3)51-36(45)38-16-9-8-14-32(34(42)43)40-33(41)15-18-46-20-22-48-24-25-49-23-21-47-19-17-39-35(44)50-26-31-29-12-6-4-10-27(29)28-11-5-7-13-30(28)31/h4-7,10-13,31-32H,8-9,14-26H2,1-3H3,(H,38,45)(H,39,44)(H,40,41)(H,42,43)/t32-/m0/s1. The Morgan fingerprint density at radius 2 is 1.24 bits per heavy atom. The molecule has 51 heavy (non-hydrogen) atoms. The minimum atomic E-state index is -1.12. The minimum absolute atomic E-state index is 0.0119. The molecule has 0 bridgehead atoms. The molecular weight excluding hydrogens is 662 g/mol. The van der Waals surface area contributed by atoms with E-state index in [-0.39, 0.29) is 38.6 Å². The Morgan fingerprint density at radius 3 is 1.80 bits per heavy atom. The summed E-state index contributed by atoms with van der Waals surface area (Å²) in [5, 5.41) is 17.2. The van der Waals surface area contributed by atoms with Gasteiger partial charge in [0, 0.05) is 25.4 Å².